The van der Waals surface area contributed by atoms with E-state index < -0.39 is 5.97 Å². The van der Waals surface area contributed by atoms with Crippen LogP contribution in [0.2, 0.25) is 0 Å². The molecule has 5 rings (SSSR count). The molecule has 1 aliphatic heterocycles. The standard InChI is InChI=1S/C28H26N2O7/c1-5-30-15-17(21-13-18(33-3)6-9-22(21)30)12-24-27(32)20-8-10-23(16(2)28(20)36-24)35-26(31)11-7-19-14-25(34-4)29-37-19/h6,8-10,12-15H,5,7,11H2,1-4H3/b24-12-. The van der Waals surface area contributed by atoms with Gasteiger partial charge in [0, 0.05) is 47.3 Å². The van der Waals surface area contributed by atoms with Gasteiger partial charge in [0.25, 0.3) is 5.88 Å². The summed E-state index contributed by atoms with van der Waals surface area (Å²) in [6.45, 7) is 4.59. The molecule has 0 spiro atoms. The number of hydrogen-bond donors (Lipinski definition) is 0. The molecule has 2 aromatic heterocycles. The highest BCUT2D eigenvalue weighted by Crippen LogP contribution is 2.40. The van der Waals surface area contributed by atoms with E-state index in [1.165, 1.54) is 7.11 Å². The lowest BCUT2D eigenvalue weighted by molar-refractivity contribution is -0.134. The SMILES string of the molecule is CCn1cc(/C=C2\Oc3c(ccc(OC(=O)CCc4cc(OC)no4)c3C)C2=O)c2cc(OC)ccc21. The molecule has 37 heavy (non-hydrogen) atoms. The molecule has 0 saturated carbocycles. The van der Waals surface area contributed by atoms with Crippen molar-refractivity contribution in [3.05, 3.63) is 70.8 Å². The van der Waals surface area contributed by atoms with Crippen molar-refractivity contribution in [1.29, 1.82) is 0 Å². The van der Waals surface area contributed by atoms with Crippen LogP contribution in [0.15, 0.2) is 52.9 Å². The Kier molecular flexibility index (Phi) is 6.43. The number of allylic oxidation sites excluding steroid dienone is 1. The van der Waals surface area contributed by atoms with E-state index in [0.29, 0.717) is 40.7 Å². The van der Waals surface area contributed by atoms with Gasteiger partial charge in [0.15, 0.2) is 5.76 Å². The van der Waals surface area contributed by atoms with Crippen LogP contribution in [0.1, 0.15) is 40.6 Å². The van der Waals surface area contributed by atoms with Crippen LogP contribution in [0.5, 0.6) is 23.1 Å². The summed E-state index contributed by atoms with van der Waals surface area (Å²) >= 11 is 0. The van der Waals surface area contributed by atoms with E-state index >= 15 is 0 Å². The van der Waals surface area contributed by atoms with Crippen LogP contribution >= 0.6 is 0 Å². The van der Waals surface area contributed by atoms with Crippen molar-refractivity contribution in [2.24, 2.45) is 0 Å². The van der Waals surface area contributed by atoms with Gasteiger partial charge in [-0.3, -0.25) is 9.59 Å². The van der Waals surface area contributed by atoms with Gasteiger partial charge >= 0.3 is 5.97 Å². The maximum Gasteiger partial charge on any atom is 0.311 e. The number of rotatable bonds is 8. The Morgan fingerprint density at radius 1 is 1.14 bits per heavy atom. The number of carbonyl (C=O) groups is 2. The summed E-state index contributed by atoms with van der Waals surface area (Å²) in [6.07, 6.45) is 4.13. The smallest absolute Gasteiger partial charge is 0.311 e. The van der Waals surface area contributed by atoms with E-state index in [4.69, 9.17) is 23.5 Å². The van der Waals surface area contributed by atoms with Crippen molar-refractivity contribution < 1.29 is 33.1 Å². The lowest BCUT2D eigenvalue weighted by atomic mass is 10.1. The number of aromatic nitrogens is 2. The first-order chi connectivity index (χ1) is 17.9. The molecule has 4 aromatic rings. The number of carbonyl (C=O) groups excluding carboxylic acids is 2. The molecule has 0 unspecified atom stereocenters. The zero-order chi connectivity index (χ0) is 26.1. The highest BCUT2D eigenvalue weighted by Gasteiger charge is 2.31. The number of nitrogens with zero attached hydrogens (tertiary/aromatic N) is 2. The van der Waals surface area contributed by atoms with Crippen molar-refractivity contribution in [2.45, 2.75) is 33.2 Å². The molecule has 0 amide bonds. The quantitative estimate of drug-likeness (QED) is 0.186. The number of ether oxygens (including phenoxy) is 4. The Labute approximate surface area is 213 Å². The Hall–Kier alpha value is -4.53. The number of Topliss-reactive ketones (excluding diaryl/α,β-unsaturated/α-hetero) is 1. The minimum Gasteiger partial charge on any atom is -0.497 e. The predicted octanol–water partition coefficient (Wildman–Crippen LogP) is 5.13. The fourth-order valence-corrected chi connectivity index (χ4v) is 4.33. The van der Waals surface area contributed by atoms with Gasteiger partial charge in [-0.2, -0.15) is 0 Å². The molecule has 0 atom stereocenters. The van der Waals surface area contributed by atoms with E-state index in [2.05, 4.69) is 16.6 Å². The van der Waals surface area contributed by atoms with Gasteiger partial charge in [-0.05, 0) is 55.4 Å². The highest BCUT2D eigenvalue weighted by molar-refractivity contribution is 6.15. The molecule has 0 radical (unpaired) electrons. The van der Waals surface area contributed by atoms with Crippen LogP contribution in [0.3, 0.4) is 0 Å². The third-order valence-corrected chi connectivity index (χ3v) is 6.33. The van der Waals surface area contributed by atoms with Crippen LogP contribution in [-0.2, 0) is 17.8 Å². The zero-order valence-electron chi connectivity index (χ0n) is 21.0. The number of aryl methyl sites for hydroxylation is 2. The van der Waals surface area contributed by atoms with Crippen LogP contribution in [-0.4, -0.2) is 35.7 Å². The molecule has 0 aliphatic carbocycles. The number of fused-ring (bicyclic) bond motifs is 2. The van der Waals surface area contributed by atoms with Crippen LogP contribution in [0.25, 0.3) is 17.0 Å². The number of benzene rings is 2. The average molecular weight is 503 g/mol. The molecule has 9 nitrogen and oxygen atoms in total. The lowest BCUT2D eigenvalue weighted by Gasteiger charge is -2.09. The second-order valence-corrected chi connectivity index (χ2v) is 8.57. The predicted molar refractivity (Wildman–Crippen MR) is 135 cm³/mol. The first kappa shape index (κ1) is 24.2. The van der Waals surface area contributed by atoms with E-state index in [1.54, 1.807) is 38.3 Å². The average Bonchev–Trinajstić information content (AvgIpc) is 3.61. The summed E-state index contributed by atoms with van der Waals surface area (Å²) in [5.41, 5.74) is 2.88. The van der Waals surface area contributed by atoms with Gasteiger partial charge in [0.2, 0.25) is 5.78 Å². The van der Waals surface area contributed by atoms with Crippen LogP contribution in [0, 0.1) is 6.92 Å². The molecule has 0 bridgehead atoms. The van der Waals surface area contributed by atoms with Crippen molar-refractivity contribution >= 4 is 28.7 Å². The number of esters is 1. The number of methoxy groups -OCH3 is 2. The van der Waals surface area contributed by atoms with Crippen molar-refractivity contribution in [3.63, 3.8) is 0 Å². The molecule has 2 aromatic carbocycles. The van der Waals surface area contributed by atoms with E-state index in [1.807, 2.05) is 24.4 Å². The summed E-state index contributed by atoms with van der Waals surface area (Å²) in [4.78, 5) is 25.6. The molecule has 0 N–H and O–H groups in total. The number of hydrogen-bond acceptors (Lipinski definition) is 8. The van der Waals surface area contributed by atoms with Crippen LogP contribution < -0.4 is 18.9 Å². The maximum absolute atomic E-state index is 13.1. The van der Waals surface area contributed by atoms with Crippen molar-refractivity contribution in [1.82, 2.24) is 9.72 Å². The zero-order valence-corrected chi connectivity index (χ0v) is 21.0. The molecule has 0 saturated heterocycles. The third kappa shape index (κ3) is 4.55. The van der Waals surface area contributed by atoms with Crippen molar-refractivity contribution in [3.8, 4) is 23.1 Å². The fourth-order valence-electron chi connectivity index (χ4n) is 4.33. The van der Waals surface area contributed by atoms with Gasteiger partial charge in [0.1, 0.15) is 23.0 Å². The third-order valence-electron chi connectivity index (χ3n) is 6.33. The normalized spacial score (nSPS) is 13.6. The van der Waals surface area contributed by atoms with Gasteiger partial charge in [-0.15, -0.1) is 0 Å². The second kappa shape index (κ2) is 9.85. The molecular formula is C28H26N2O7. The summed E-state index contributed by atoms with van der Waals surface area (Å²) < 4.78 is 29.1. The Morgan fingerprint density at radius 3 is 2.70 bits per heavy atom. The topological polar surface area (TPSA) is 102 Å². The summed E-state index contributed by atoms with van der Waals surface area (Å²) in [5, 5.41) is 4.67. The second-order valence-electron chi connectivity index (χ2n) is 8.57. The Morgan fingerprint density at radius 2 is 1.97 bits per heavy atom. The maximum atomic E-state index is 13.1. The van der Waals surface area contributed by atoms with Gasteiger partial charge < -0.3 is 28.0 Å². The minimum absolute atomic E-state index is 0.0881. The summed E-state index contributed by atoms with van der Waals surface area (Å²) in [6, 6.07) is 10.7. The molecule has 190 valence electrons. The summed E-state index contributed by atoms with van der Waals surface area (Å²) in [7, 11) is 3.11. The minimum atomic E-state index is -0.445. The fraction of sp³-hybridized carbons (Fsp3) is 0.250. The lowest BCUT2D eigenvalue weighted by Crippen LogP contribution is -2.10. The largest absolute Gasteiger partial charge is 0.497 e. The Balaban J connectivity index is 1.36. The molecule has 1 aliphatic rings. The van der Waals surface area contributed by atoms with Crippen LogP contribution in [0.4, 0.5) is 0 Å². The molecule has 9 heteroatoms. The van der Waals surface area contributed by atoms with E-state index in [-0.39, 0.29) is 18.0 Å². The van der Waals surface area contributed by atoms with Crippen molar-refractivity contribution in [2.75, 3.05) is 14.2 Å². The first-order valence-corrected chi connectivity index (χ1v) is 11.9. The van der Waals surface area contributed by atoms with Gasteiger partial charge in [-0.25, -0.2) is 0 Å². The first-order valence-electron chi connectivity index (χ1n) is 11.9. The molecule has 3 heterocycles. The summed E-state index contributed by atoms with van der Waals surface area (Å²) in [5.74, 6) is 1.85. The van der Waals surface area contributed by atoms with E-state index in [9.17, 15) is 9.59 Å². The molecular weight excluding hydrogens is 476 g/mol. The monoisotopic (exact) mass is 502 g/mol. The highest BCUT2D eigenvalue weighted by atomic mass is 16.5. The van der Waals surface area contributed by atoms with E-state index in [0.717, 1.165) is 28.8 Å². The van der Waals surface area contributed by atoms with Gasteiger partial charge in [-0.1, -0.05) is 0 Å². The molecule has 0 fully saturated rings. The van der Waals surface area contributed by atoms with Gasteiger partial charge in [0.05, 0.1) is 26.2 Å². The Bertz CT molecular complexity index is 1540. The number of ketones is 1.